The molecule has 0 saturated carbocycles. The Morgan fingerprint density at radius 1 is 0.857 bits per heavy atom. The lowest BCUT2D eigenvalue weighted by molar-refractivity contribution is -0.0590. The van der Waals surface area contributed by atoms with Crippen LogP contribution in [0.2, 0.25) is 0 Å². The number of rotatable bonds is 2. The number of aryl methyl sites for hydroxylation is 2. The molecule has 3 heterocycles. The average molecular weight is 382 g/mol. The summed E-state index contributed by atoms with van der Waals surface area (Å²) in [5.41, 5.74) is -0.748. The number of hydroxylamine groups is 2. The molecular formula is C18H14N4O6. The fourth-order valence-electron chi connectivity index (χ4n) is 3.31. The molecule has 0 atom stereocenters. The fraction of sp³-hybridized carbons (Fsp3) is 0.167. The summed E-state index contributed by atoms with van der Waals surface area (Å²) in [5.74, 6) is -2.52. The third kappa shape index (κ3) is 2.17. The van der Waals surface area contributed by atoms with Crippen molar-refractivity contribution in [2.75, 3.05) is 0 Å². The van der Waals surface area contributed by atoms with Gasteiger partial charge in [0.25, 0.3) is 17.4 Å². The third-order valence-corrected chi connectivity index (χ3v) is 4.77. The van der Waals surface area contributed by atoms with Gasteiger partial charge in [0.15, 0.2) is 0 Å². The van der Waals surface area contributed by atoms with E-state index in [-0.39, 0.29) is 27.9 Å². The van der Waals surface area contributed by atoms with Gasteiger partial charge in [-0.2, -0.15) is 0 Å². The van der Waals surface area contributed by atoms with Gasteiger partial charge in [-0.1, -0.05) is 17.2 Å². The van der Waals surface area contributed by atoms with Crippen LogP contribution in [0.4, 0.5) is 0 Å². The van der Waals surface area contributed by atoms with Crippen molar-refractivity contribution in [2.45, 2.75) is 0 Å². The van der Waals surface area contributed by atoms with Crippen LogP contribution < -0.4 is 11.2 Å². The van der Waals surface area contributed by atoms with E-state index in [2.05, 4.69) is 0 Å². The van der Waals surface area contributed by atoms with Crippen LogP contribution in [0.3, 0.4) is 0 Å². The van der Waals surface area contributed by atoms with Crippen LogP contribution in [0.15, 0.2) is 39.9 Å². The van der Waals surface area contributed by atoms with Crippen LogP contribution in [-0.2, 0) is 26.0 Å². The van der Waals surface area contributed by atoms with Gasteiger partial charge in [0.1, 0.15) is 11.3 Å². The van der Waals surface area contributed by atoms with Crippen molar-refractivity contribution in [2.24, 2.45) is 21.1 Å². The second kappa shape index (κ2) is 5.78. The number of hydrogen-bond donors (Lipinski definition) is 0. The van der Waals surface area contributed by atoms with Crippen LogP contribution in [0, 0.1) is 0 Å². The minimum absolute atomic E-state index is 0.0927. The van der Waals surface area contributed by atoms with Gasteiger partial charge in [-0.3, -0.25) is 23.5 Å². The standard InChI is InChI=1S/C18H14N4O6/c1-19-12(8-11-13(19)20(2)18(27)21(3)14(11)23)17(26)28-22-15(24)9-6-4-5-7-10(9)16(22)25/h4-8H,1-3H3. The smallest absolute Gasteiger partial charge is 0.324 e. The number of carbonyl (C=O) groups excluding carboxylic acids is 3. The molecule has 4 rings (SSSR count). The van der Waals surface area contributed by atoms with Crippen LogP contribution in [0.1, 0.15) is 31.2 Å². The predicted octanol–water partition coefficient (Wildman–Crippen LogP) is -0.0563. The lowest BCUT2D eigenvalue weighted by Gasteiger charge is -2.13. The quantitative estimate of drug-likeness (QED) is 0.574. The molecule has 0 bridgehead atoms. The van der Waals surface area contributed by atoms with E-state index >= 15 is 0 Å². The fourth-order valence-corrected chi connectivity index (χ4v) is 3.31. The highest BCUT2D eigenvalue weighted by molar-refractivity contribution is 6.21. The van der Waals surface area contributed by atoms with Gasteiger partial charge in [-0.05, 0) is 18.2 Å². The molecule has 0 aliphatic carbocycles. The van der Waals surface area contributed by atoms with Gasteiger partial charge >= 0.3 is 11.7 Å². The second-order valence-corrected chi connectivity index (χ2v) is 6.36. The van der Waals surface area contributed by atoms with E-state index in [9.17, 15) is 24.0 Å². The van der Waals surface area contributed by atoms with Crippen LogP contribution >= 0.6 is 0 Å². The number of fused-ring (bicyclic) bond motifs is 2. The van der Waals surface area contributed by atoms with Gasteiger partial charge in [0.2, 0.25) is 0 Å². The van der Waals surface area contributed by atoms with Crippen molar-refractivity contribution in [3.63, 3.8) is 0 Å². The normalized spacial score (nSPS) is 13.3. The van der Waals surface area contributed by atoms with Crippen molar-refractivity contribution in [1.82, 2.24) is 18.8 Å². The summed E-state index contributed by atoms with van der Waals surface area (Å²) in [6.07, 6.45) is 0. The highest BCUT2D eigenvalue weighted by atomic mass is 16.7. The van der Waals surface area contributed by atoms with Crippen molar-refractivity contribution >= 4 is 28.8 Å². The van der Waals surface area contributed by atoms with Gasteiger partial charge < -0.3 is 9.40 Å². The minimum atomic E-state index is -1.01. The topological polar surface area (TPSA) is 113 Å². The molecule has 0 radical (unpaired) electrons. The zero-order valence-electron chi connectivity index (χ0n) is 15.1. The summed E-state index contributed by atoms with van der Waals surface area (Å²) in [4.78, 5) is 66.9. The Kier molecular flexibility index (Phi) is 3.60. The van der Waals surface area contributed by atoms with E-state index in [4.69, 9.17) is 4.84 Å². The Balaban J connectivity index is 1.76. The number of aromatic nitrogens is 3. The maximum absolute atomic E-state index is 12.6. The number of hydrogen-bond acceptors (Lipinski definition) is 6. The molecule has 0 unspecified atom stereocenters. The molecule has 2 amide bonds. The second-order valence-electron chi connectivity index (χ2n) is 6.36. The minimum Gasteiger partial charge on any atom is -0.324 e. The molecule has 10 heteroatoms. The highest BCUT2D eigenvalue weighted by Crippen LogP contribution is 2.24. The van der Waals surface area contributed by atoms with Crippen LogP contribution in [0.5, 0.6) is 0 Å². The molecule has 28 heavy (non-hydrogen) atoms. The Morgan fingerprint density at radius 2 is 1.43 bits per heavy atom. The summed E-state index contributed by atoms with van der Waals surface area (Å²) in [7, 11) is 4.26. The average Bonchev–Trinajstić information content (AvgIpc) is 3.15. The first-order valence-corrected chi connectivity index (χ1v) is 8.19. The first kappa shape index (κ1) is 17.5. The van der Waals surface area contributed by atoms with E-state index in [1.54, 1.807) is 12.1 Å². The van der Waals surface area contributed by atoms with Gasteiger partial charge in [-0.15, -0.1) is 0 Å². The summed E-state index contributed by atoms with van der Waals surface area (Å²) < 4.78 is 3.44. The van der Waals surface area contributed by atoms with Crippen molar-refractivity contribution in [3.8, 4) is 0 Å². The molecule has 1 aliphatic heterocycles. The Bertz CT molecular complexity index is 1290. The maximum Gasteiger partial charge on any atom is 0.380 e. The van der Waals surface area contributed by atoms with Crippen molar-refractivity contribution in [1.29, 1.82) is 0 Å². The number of nitrogens with zero attached hydrogens (tertiary/aromatic N) is 4. The Hall–Kier alpha value is -3.95. The monoisotopic (exact) mass is 382 g/mol. The lowest BCUT2D eigenvalue weighted by atomic mass is 10.1. The maximum atomic E-state index is 12.6. The molecule has 142 valence electrons. The molecular weight excluding hydrogens is 368 g/mol. The number of amides is 2. The molecule has 0 fully saturated rings. The summed E-state index contributed by atoms with van der Waals surface area (Å²) >= 11 is 0. The zero-order chi connectivity index (χ0) is 20.3. The number of carbonyl (C=O) groups is 3. The predicted molar refractivity (Wildman–Crippen MR) is 95.8 cm³/mol. The first-order chi connectivity index (χ1) is 13.2. The molecule has 0 N–H and O–H groups in total. The van der Waals surface area contributed by atoms with E-state index in [0.717, 1.165) is 4.57 Å². The number of benzene rings is 1. The van der Waals surface area contributed by atoms with Crippen LogP contribution in [0.25, 0.3) is 11.0 Å². The molecule has 0 saturated heterocycles. The number of imide groups is 1. The molecule has 3 aromatic rings. The Labute approximate surface area is 156 Å². The zero-order valence-corrected chi connectivity index (χ0v) is 15.1. The van der Waals surface area contributed by atoms with Gasteiger partial charge in [0, 0.05) is 21.1 Å². The first-order valence-electron chi connectivity index (χ1n) is 8.19. The third-order valence-electron chi connectivity index (χ3n) is 4.77. The summed E-state index contributed by atoms with van der Waals surface area (Å²) in [6.45, 7) is 0. The highest BCUT2D eigenvalue weighted by Gasteiger charge is 2.39. The largest absolute Gasteiger partial charge is 0.380 e. The van der Waals surface area contributed by atoms with Crippen molar-refractivity contribution < 1.29 is 19.2 Å². The van der Waals surface area contributed by atoms with Crippen LogP contribution in [-0.4, -0.2) is 36.5 Å². The van der Waals surface area contributed by atoms with E-state index in [0.29, 0.717) is 5.06 Å². The molecule has 10 nitrogen and oxygen atoms in total. The van der Waals surface area contributed by atoms with E-state index in [1.165, 1.54) is 48.5 Å². The lowest BCUT2D eigenvalue weighted by Crippen LogP contribution is -2.37. The van der Waals surface area contributed by atoms with E-state index in [1.807, 2.05) is 0 Å². The van der Waals surface area contributed by atoms with Gasteiger partial charge in [-0.25, -0.2) is 9.59 Å². The SMILES string of the molecule is Cn1c(=O)c2cc(C(=O)ON3C(=O)c4ccccc4C3=O)n(C)c2n(C)c1=O. The summed E-state index contributed by atoms with van der Waals surface area (Å²) in [6, 6.07) is 7.36. The van der Waals surface area contributed by atoms with Crippen molar-refractivity contribution in [3.05, 3.63) is 68.0 Å². The van der Waals surface area contributed by atoms with Gasteiger partial charge in [0.05, 0.1) is 16.5 Å². The molecule has 1 aliphatic rings. The van der Waals surface area contributed by atoms with E-state index < -0.39 is 29.0 Å². The molecule has 1 aromatic carbocycles. The Morgan fingerprint density at radius 3 is 2.00 bits per heavy atom. The summed E-state index contributed by atoms with van der Waals surface area (Å²) in [5, 5.41) is 0.517. The molecule has 0 spiro atoms. The molecule has 2 aromatic heterocycles.